The van der Waals surface area contributed by atoms with Gasteiger partial charge in [0, 0.05) is 32.5 Å². The second-order valence-electron chi connectivity index (χ2n) is 3.63. The number of amides is 1. The van der Waals surface area contributed by atoms with Crippen molar-refractivity contribution in [1.82, 2.24) is 4.57 Å². The van der Waals surface area contributed by atoms with Gasteiger partial charge in [-0.05, 0) is 0 Å². The van der Waals surface area contributed by atoms with Crippen LogP contribution in [-0.4, -0.2) is 33.8 Å². The van der Waals surface area contributed by atoms with Gasteiger partial charge >= 0.3 is 5.97 Å². The van der Waals surface area contributed by atoms with E-state index in [0.29, 0.717) is 17.1 Å². The Morgan fingerprint density at radius 2 is 2.19 bits per heavy atom. The van der Waals surface area contributed by atoms with Crippen molar-refractivity contribution in [2.45, 2.75) is 11.8 Å². The number of anilines is 1. The number of aromatic nitrogens is 1. The van der Waals surface area contributed by atoms with Crippen molar-refractivity contribution in [3.63, 3.8) is 0 Å². The molecule has 0 saturated carbocycles. The molecular formula is C10H12N2O3S. The summed E-state index contributed by atoms with van der Waals surface area (Å²) in [5, 5.41) is 9.10. The van der Waals surface area contributed by atoms with Gasteiger partial charge in [0.05, 0.1) is 10.6 Å². The van der Waals surface area contributed by atoms with Crippen molar-refractivity contribution in [1.29, 1.82) is 0 Å². The molecule has 5 nitrogen and oxygen atoms in total. The number of thioether (sulfide) groups is 1. The van der Waals surface area contributed by atoms with E-state index in [-0.39, 0.29) is 11.6 Å². The molecule has 0 aliphatic carbocycles. The van der Waals surface area contributed by atoms with Crippen LogP contribution in [0.4, 0.5) is 5.69 Å². The van der Waals surface area contributed by atoms with Crippen LogP contribution in [0.15, 0.2) is 11.1 Å². The van der Waals surface area contributed by atoms with Gasteiger partial charge in [-0.15, -0.1) is 11.8 Å². The molecule has 0 radical (unpaired) electrons. The van der Waals surface area contributed by atoms with Crippen molar-refractivity contribution in [3.8, 4) is 0 Å². The molecule has 1 N–H and O–H groups in total. The maximum Gasteiger partial charge on any atom is 0.353 e. The van der Waals surface area contributed by atoms with Gasteiger partial charge < -0.3 is 14.6 Å². The van der Waals surface area contributed by atoms with Crippen molar-refractivity contribution >= 4 is 29.3 Å². The fourth-order valence-electron chi connectivity index (χ4n) is 1.86. The number of rotatable bonds is 1. The smallest absolute Gasteiger partial charge is 0.353 e. The minimum absolute atomic E-state index is 0.0518. The Balaban J connectivity index is 2.56. The standard InChI is InChI=1S/C10H12N2O3S/c1-6(13)12-3-4-16-9-7(12)5-11(2)8(9)10(14)15/h5H,3-4H2,1-2H3,(H,14,15). The third-order valence-electron chi connectivity index (χ3n) is 2.55. The maximum atomic E-state index is 11.4. The summed E-state index contributed by atoms with van der Waals surface area (Å²) in [6.07, 6.45) is 1.70. The third-order valence-corrected chi connectivity index (χ3v) is 3.63. The van der Waals surface area contributed by atoms with E-state index in [1.165, 1.54) is 18.7 Å². The maximum absolute atomic E-state index is 11.4. The first kappa shape index (κ1) is 11.1. The lowest BCUT2D eigenvalue weighted by molar-refractivity contribution is -0.116. The van der Waals surface area contributed by atoms with Gasteiger partial charge in [-0.3, -0.25) is 4.79 Å². The number of nitrogens with zero attached hydrogens (tertiary/aromatic N) is 2. The second kappa shape index (κ2) is 3.86. The molecular weight excluding hydrogens is 228 g/mol. The first-order valence-corrected chi connectivity index (χ1v) is 5.84. The Morgan fingerprint density at radius 3 is 2.75 bits per heavy atom. The third kappa shape index (κ3) is 1.59. The Morgan fingerprint density at radius 1 is 1.50 bits per heavy atom. The normalized spacial score (nSPS) is 14.8. The number of carboxylic acids is 1. The highest BCUT2D eigenvalue weighted by Crippen LogP contribution is 2.38. The van der Waals surface area contributed by atoms with E-state index in [2.05, 4.69) is 0 Å². The van der Waals surface area contributed by atoms with Crippen LogP contribution in [0.1, 0.15) is 17.4 Å². The predicted octanol–water partition coefficient (Wildman–Crippen LogP) is 1.18. The lowest BCUT2D eigenvalue weighted by Crippen LogP contribution is -2.33. The van der Waals surface area contributed by atoms with E-state index < -0.39 is 5.97 Å². The van der Waals surface area contributed by atoms with Crippen molar-refractivity contribution in [3.05, 3.63) is 11.9 Å². The van der Waals surface area contributed by atoms with E-state index in [0.717, 1.165) is 5.75 Å². The molecule has 1 aromatic heterocycles. The second-order valence-corrected chi connectivity index (χ2v) is 4.73. The van der Waals surface area contributed by atoms with Crippen LogP contribution in [0.3, 0.4) is 0 Å². The van der Waals surface area contributed by atoms with Crippen molar-refractivity contribution in [2.24, 2.45) is 7.05 Å². The molecule has 0 unspecified atom stereocenters. The number of carbonyl (C=O) groups is 2. The molecule has 0 spiro atoms. The van der Waals surface area contributed by atoms with E-state index in [4.69, 9.17) is 5.11 Å². The number of hydrogen-bond acceptors (Lipinski definition) is 3. The molecule has 86 valence electrons. The summed E-state index contributed by atoms with van der Waals surface area (Å²) in [6.45, 7) is 2.13. The summed E-state index contributed by atoms with van der Waals surface area (Å²) in [5.74, 6) is -0.276. The summed E-state index contributed by atoms with van der Waals surface area (Å²) < 4.78 is 1.56. The molecule has 1 amide bonds. The molecule has 0 bridgehead atoms. The highest BCUT2D eigenvalue weighted by atomic mass is 32.2. The zero-order chi connectivity index (χ0) is 11.9. The lowest BCUT2D eigenvalue weighted by Gasteiger charge is -2.25. The first-order chi connectivity index (χ1) is 7.52. The molecule has 16 heavy (non-hydrogen) atoms. The zero-order valence-corrected chi connectivity index (χ0v) is 9.87. The summed E-state index contributed by atoms with van der Waals surface area (Å²) in [4.78, 5) is 24.8. The number of aromatic carboxylic acids is 1. The summed E-state index contributed by atoms with van der Waals surface area (Å²) in [5.41, 5.74) is 0.967. The quantitative estimate of drug-likeness (QED) is 0.800. The lowest BCUT2D eigenvalue weighted by atomic mass is 10.3. The number of carbonyl (C=O) groups excluding carboxylic acids is 1. The summed E-state index contributed by atoms with van der Waals surface area (Å²) in [7, 11) is 1.68. The van der Waals surface area contributed by atoms with Gasteiger partial charge in [-0.1, -0.05) is 0 Å². The molecule has 6 heteroatoms. The van der Waals surface area contributed by atoms with Gasteiger partial charge in [0.15, 0.2) is 0 Å². The predicted molar refractivity (Wildman–Crippen MR) is 61.1 cm³/mol. The topological polar surface area (TPSA) is 62.5 Å². The molecule has 1 aliphatic rings. The van der Waals surface area contributed by atoms with Gasteiger partial charge in [-0.25, -0.2) is 4.79 Å². The Hall–Kier alpha value is -1.43. The molecule has 1 aromatic rings. The molecule has 0 saturated heterocycles. The van der Waals surface area contributed by atoms with Gasteiger partial charge in [0.1, 0.15) is 5.69 Å². The fraction of sp³-hybridized carbons (Fsp3) is 0.400. The van der Waals surface area contributed by atoms with Crippen LogP contribution >= 0.6 is 11.8 Å². The molecule has 0 aromatic carbocycles. The minimum Gasteiger partial charge on any atom is -0.477 e. The number of fused-ring (bicyclic) bond motifs is 1. The van der Waals surface area contributed by atoms with Crippen LogP contribution in [0.25, 0.3) is 0 Å². The number of hydrogen-bond donors (Lipinski definition) is 1. The summed E-state index contributed by atoms with van der Waals surface area (Å²) >= 11 is 1.49. The van der Waals surface area contributed by atoms with Gasteiger partial charge in [-0.2, -0.15) is 0 Å². The van der Waals surface area contributed by atoms with Crippen LogP contribution in [-0.2, 0) is 11.8 Å². The van der Waals surface area contributed by atoms with E-state index >= 15 is 0 Å². The number of carboxylic acid groups (broad SMARTS) is 1. The van der Waals surface area contributed by atoms with E-state index in [1.807, 2.05) is 0 Å². The average Bonchev–Trinajstić information content (AvgIpc) is 2.52. The fourth-order valence-corrected chi connectivity index (χ4v) is 3.01. The van der Waals surface area contributed by atoms with Crippen LogP contribution in [0, 0.1) is 0 Å². The summed E-state index contributed by atoms with van der Waals surface area (Å²) in [6, 6.07) is 0. The van der Waals surface area contributed by atoms with Crippen molar-refractivity contribution < 1.29 is 14.7 Å². The zero-order valence-electron chi connectivity index (χ0n) is 9.06. The SMILES string of the molecule is CC(=O)N1CCSc2c1cn(C)c2C(=O)O. The molecule has 2 rings (SSSR count). The molecule has 0 fully saturated rings. The minimum atomic E-state index is -0.957. The van der Waals surface area contributed by atoms with Gasteiger partial charge in [0.25, 0.3) is 0 Å². The van der Waals surface area contributed by atoms with Crippen LogP contribution in [0.5, 0.6) is 0 Å². The first-order valence-electron chi connectivity index (χ1n) is 4.86. The Bertz CT molecular complexity index is 467. The van der Waals surface area contributed by atoms with E-state index in [9.17, 15) is 9.59 Å². The highest BCUT2D eigenvalue weighted by Gasteiger charge is 2.28. The highest BCUT2D eigenvalue weighted by molar-refractivity contribution is 7.99. The Kier molecular flexibility index (Phi) is 2.67. The van der Waals surface area contributed by atoms with Crippen LogP contribution in [0.2, 0.25) is 0 Å². The monoisotopic (exact) mass is 240 g/mol. The van der Waals surface area contributed by atoms with E-state index in [1.54, 1.807) is 22.7 Å². The van der Waals surface area contributed by atoms with Gasteiger partial charge in [0.2, 0.25) is 5.91 Å². The van der Waals surface area contributed by atoms with Crippen molar-refractivity contribution in [2.75, 3.05) is 17.2 Å². The Labute approximate surface area is 97.0 Å². The molecule has 2 heterocycles. The number of aryl methyl sites for hydroxylation is 1. The molecule has 1 aliphatic heterocycles. The average molecular weight is 240 g/mol. The largest absolute Gasteiger partial charge is 0.477 e. The molecule has 0 atom stereocenters. The van der Waals surface area contributed by atoms with Crippen LogP contribution < -0.4 is 4.90 Å².